The minimum Gasteiger partial charge on any atom is -0.322 e. The zero-order valence-electron chi connectivity index (χ0n) is 12.9. The van der Waals surface area contributed by atoms with Crippen LogP contribution < -0.4 is 10.9 Å². The molecular formula is C16H13F2N3O2S. The number of nitrogens with one attached hydrogen (secondary N) is 1. The van der Waals surface area contributed by atoms with E-state index < -0.39 is 17.5 Å². The van der Waals surface area contributed by atoms with Crippen molar-refractivity contribution in [3.05, 3.63) is 57.0 Å². The predicted octanol–water partition coefficient (Wildman–Crippen LogP) is 2.99. The van der Waals surface area contributed by atoms with Crippen LogP contribution in [0.25, 0.3) is 10.2 Å². The molecule has 0 saturated heterocycles. The molecule has 3 rings (SSSR count). The van der Waals surface area contributed by atoms with Gasteiger partial charge in [-0.3, -0.25) is 14.2 Å². The minimum absolute atomic E-state index is 0.147. The number of thiophene rings is 1. The summed E-state index contributed by atoms with van der Waals surface area (Å²) < 4.78 is 27.6. The van der Waals surface area contributed by atoms with Crippen LogP contribution in [0.1, 0.15) is 10.4 Å². The molecule has 0 aliphatic carbocycles. The van der Waals surface area contributed by atoms with Gasteiger partial charge in [0, 0.05) is 10.9 Å². The van der Waals surface area contributed by atoms with Gasteiger partial charge in [0.1, 0.15) is 23.0 Å². The molecule has 24 heavy (non-hydrogen) atoms. The lowest BCUT2D eigenvalue weighted by Gasteiger charge is -2.08. The maximum Gasteiger partial charge on any atom is 0.262 e. The molecule has 2 heterocycles. The number of rotatable bonds is 3. The number of amides is 1. The van der Waals surface area contributed by atoms with E-state index in [0.29, 0.717) is 16.3 Å². The molecule has 0 saturated carbocycles. The summed E-state index contributed by atoms with van der Waals surface area (Å²) >= 11 is 1.42. The molecule has 3 aromatic rings. The summed E-state index contributed by atoms with van der Waals surface area (Å²) in [6.07, 6.45) is 1.29. The second-order valence-electron chi connectivity index (χ2n) is 5.31. The third-order valence-corrected chi connectivity index (χ3v) is 4.79. The van der Waals surface area contributed by atoms with E-state index in [1.54, 1.807) is 0 Å². The first-order valence-electron chi connectivity index (χ1n) is 7.07. The van der Waals surface area contributed by atoms with E-state index in [1.165, 1.54) is 17.7 Å². The van der Waals surface area contributed by atoms with E-state index in [4.69, 9.17) is 0 Å². The van der Waals surface area contributed by atoms with E-state index in [0.717, 1.165) is 27.1 Å². The summed E-state index contributed by atoms with van der Waals surface area (Å²) in [5, 5.41) is 2.80. The molecule has 0 radical (unpaired) electrons. The average Bonchev–Trinajstić information content (AvgIpc) is 2.81. The number of halogens is 2. The number of aromatic nitrogens is 2. The van der Waals surface area contributed by atoms with Crippen LogP contribution in [0, 0.1) is 25.5 Å². The molecule has 1 N–H and O–H groups in total. The normalized spacial score (nSPS) is 11.0. The van der Waals surface area contributed by atoms with Gasteiger partial charge in [-0.25, -0.2) is 13.8 Å². The second kappa shape index (κ2) is 6.12. The van der Waals surface area contributed by atoms with E-state index in [9.17, 15) is 18.4 Å². The Hall–Kier alpha value is -2.61. The van der Waals surface area contributed by atoms with Gasteiger partial charge in [0.15, 0.2) is 0 Å². The van der Waals surface area contributed by atoms with E-state index in [1.807, 2.05) is 13.8 Å². The Balaban J connectivity index is 1.87. The molecule has 1 amide bonds. The summed E-state index contributed by atoms with van der Waals surface area (Å²) in [4.78, 5) is 30.3. The molecule has 0 aliphatic heterocycles. The maximum atomic E-state index is 13.6. The molecule has 0 atom stereocenters. The fourth-order valence-electron chi connectivity index (χ4n) is 2.32. The van der Waals surface area contributed by atoms with Crippen LogP contribution in [0.3, 0.4) is 0 Å². The van der Waals surface area contributed by atoms with Crippen molar-refractivity contribution in [2.24, 2.45) is 0 Å². The predicted molar refractivity (Wildman–Crippen MR) is 88.3 cm³/mol. The molecule has 0 fully saturated rings. The van der Waals surface area contributed by atoms with Crippen molar-refractivity contribution >= 4 is 33.1 Å². The summed E-state index contributed by atoms with van der Waals surface area (Å²) in [6.45, 7) is 3.41. The lowest BCUT2D eigenvalue weighted by molar-refractivity contribution is -0.116. The Morgan fingerprint density at radius 3 is 2.79 bits per heavy atom. The quantitative estimate of drug-likeness (QED) is 0.791. The number of nitrogens with zero attached hydrogens (tertiary/aromatic N) is 2. The third kappa shape index (κ3) is 2.92. The highest BCUT2D eigenvalue weighted by atomic mass is 32.1. The van der Waals surface area contributed by atoms with Gasteiger partial charge in [-0.1, -0.05) is 0 Å². The highest BCUT2D eigenvalue weighted by molar-refractivity contribution is 7.18. The van der Waals surface area contributed by atoms with Crippen LogP contribution in [-0.4, -0.2) is 15.5 Å². The Kier molecular flexibility index (Phi) is 4.15. The van der Waals surface area contributed by atoms with Gasteiger partial charge in [-0.15, -0.1) is 11.3 Å². The van der Waals surface area contributed by atoms with Gasteiger partial charge >= 0.3 is 0 Å². The Morgan fingerprint density at radius 1 is 1.33 bits per heavy atom. The molecule has 8 heteroatoms. The third-order valence-electron chi connectivity index (χ3n) is 3.67. The largest absolute Gasteiger partial charge is 0.322 e. The summed E-state index contributed by atoms with van der Waals surface area (Å²) in [6, 6.07) is 2.84. The smallest absolute Gasteiger partial charge is 0.262 e. The zero-order chi connectivity index (χ0) is 17.4. The van der Waals surface area contributed by atoms with Gasteiger partial charge in [-0.05, 0) is 31.5 Å². The van der Waals surface area contributed by atoms with Crippen molar-refractivity contribution < 1.29 is 13.6 Å². The minimum atomic E-state index is -0.881. The first-order valence-corrected chi connectivity index (χ1v) is 7.88. The highest BCUT2D eigenvalue weighted by Crippen LogP contribution is 2.25. The molecule has 1 aromatic carbocycles. The van der Waals surface area contributed by atoms with Gasteiger partial charge in [0.2, 0.25) is 5.91 Å². The topological polar surface area (TPSA) is 64.0 Å². The molecule has 0 aliphatic rings. The van der Waals surface area contributed by atoms with Crippen LogP contribution >= 0.6 is 11.3 Å². The monoisotopic (exact) mass is 349 g/mol. The zero-order valence-corrected chi connectivity index (χ0v) is 13.7. The van der Waals surface area contributed by atoms with Gasteiger partial charge in [-0.2, -0.15) is 0 Å². The van der Waals surface area contributed by atoms with E-state index in [-0.39, 0.29) is 17.8 Å². The fourth-order valence-corrected chi connectivity index (χ4v) is 3.31. The van der Waals surface area contributed by atoms with Crippen LogP contribution in [0.5, 0.6) is 0 Å². The number of benzene rings is 1. The van der Waals surface area contributed by atoms with E-state index in [2.05, 4.69) is 10.3 Å². The molecular weight excluding hydrogens is 336 g/mol. The van der Waals surface area contributed by atoms with Gasteiger partial charge < -0.3 is 5.32 Å². The molecule has 2 aromatic heterocycles. The maximum absolute atomic E-state index is 13.6. The number of aryl methyl sites for hydroxylation is 2. The van der Waals surface area contributed by atoms with Crippen LogP contribution in [-0.2, 0) is 11.3 Å². The number of anilines is 1. The number of fused-ring (bicyclic) bond motifs is 1. The Labute approximate surface area is 139 Å². The molecule has 5 nitrogen and oxygen atoms in total. The SMILES string of the molecule is Cc1sc2ncn(CC(=O)Nc3ccc(F)cc3F)c(=O)c2c1C. The lowest BCUT2D eigenvalue weighted by atomic mass is 10.2. The highest BCUT2D eigenvalue weighted by Gasteiger charge is 2.14. The Morgan fingerprint density at radius 2 is 2.08 bits per heavy atom. The van der Waals surface area contributed by atoms with Crippen molar-refractivity contribution in [1.29, 1.82) is 0 Å². The molecule has 0 bridgehead atoms. The lowest BCUT2D eigenvalue weighted by Crippen LogP contribution is -2.28. The second-order valence-corrected chi connectivity index (χ2v) is 6.52. The van der Waals surface area contributed by atoms with E-state index >= 15 is 0 Å². The van der Waals surface area contributed by atoms with Crippen molar-refractivity contribution in [2.45, 2.75) is 20.4 Å². The summed E-state index contributed by atoms with van der Waals surface area (Å²) in [7, 11) is 0. The number of hydrogen-bond acceptors (Lipinski definition) is 4. The summed E-state index contributed by atoms with van der Waals surface area (Å²) in [5.74, 6) is -2.22. The van der Waals surface area contributed by atoms with Crippen molar-refractivity contribution in [1.82, 2.24) is 9.55 Å². The average molecular weight is 349 g/mol. The molecule has 124 valence electrons. The summed E-state index contributed by atoms with van der Waals surface area (Å²) in [5.41, 5.74) is 0.370. The first kappa shape index (κ1) is 16.3. The number of hydrogen-bond donors (Lipinski definition) is 1. The van der Waals surface area contributed by atoms with Crippen molar-refractivity contribution in [3.63, 3.8) is 0 Å². The first-order chi connectivity index (χ1) is 11.4. The van der Waals surface area contributed by atoms with Gasteiger partial charge in [0.05, 0.1) is 17.4 Å². The molecule has 0 spiro atoms. The van der Waals surface area contributed by atoms with Crippen molar-refractivity contribution in [2.75, 3.05) is 5.32 Å². The van der Waals surface area contributed by atoms with Crippen molar-refractivity contribution in [3.8, 4) is 0 Å². The Bertz CT molecular complexity index is 1010. The van der Waals surface area contributed by atoms with Gasteiger partial charge in [0.25, 0.3) is 5.56 Å². The standard InChI is InChI=1S/C16H13F2N3O2S/c1-8-9(2)24-15-14(8)16(23)21(7-19-15)6-13(22)20-12-4-3-10(17)5-11(12)18/h3-5,7H,6H2,1-2H3,(H,20,22). The van der Waals surface area contributed by atoms with Crippen LogP contribution in [0.15, 0.2) is 29.3 Å². The molecule has 0 unspecified atom stereocenters. The van der Waals surface area contributed by atoms with Crippen LogP contribution in [0.2, 0.25) is 0 Å². The number of carbonyl (C=O) groups excluding carboxylic acids is 1. The fraction of sp³-hybridized carbons (Fsp3) is 0.188. The van der Waals surface area contributed by atoms with Crippen LogP contribution in [0.4, 0.5) is 14.5 Å². The number of carbonyl (C=O) groups is 1.